The van der Waals surface area contributed by atoms with Crippen molar-refractivity contribution in [3.63, 3.8) is 0 Å². The van der Waals surface area contributed by atoms with E-state index >= 15 is 0 Å². The number of ether oxygens (including phenoxy) is 2. The molecule has 7 heteroatoms. The summed E-state index contributed by atoms with van der Waals surface area (Å²) in [6.07, 6.45) is 0. The molecule has 2 aliphatic rings. The van der Waals surface area contributed by atoms with Crippen molar-refractivity contribution < 1.29 is 9.47 Å². The Bertz CT molecular complexity index is 732. The summed E-state index contributed by atoms with van der Waals surface area (Å²) in [6.45, 7) is 12.1. The van der Waals surface area contributed by atoms with Crippen LogP contribution in [0, 0.1) is 13.8 Å². The van der Waals surface area contributed by atoms with Crippen molar-refractivity contribution in [2.45, 2.75) is 32.5 Å². The first-order chi connectivity index (χ1) is 12.6. The molecule has 2 aromatic heterocycles. The van der Waals surface area contributed by atoms with Gasteiger partial charge in [-0.2, -0.15) is 0 Å². The number of hydrogen-bond acceptors (Lipinski definition) is 7. The van der Waals surface area contributed by atoms with Gasteiger partial charge in [0, 0.05) is 54.4 Å². The number of rotatable bonds is 4. The number of morpholine rings is 1. The first-order valence-electron chi connectivity index (χ1n) is 9.23. The molecular weight excluding hydrogens is 366 g/mol. The first-order valence-corrected chi connectivity index (χ1v) is 10.9. The van der Waals surface area contributed by atoms with Gasteiger partial charge in [-0.1, -0.05) is 0 Å². The Morgan fingerprint density at radius 2 is 1.92 bits per heavy atom. The monoisotopic (exact) mass is 393 g/mol. The number of hydrogen-bond donors (Lipinski definition) is 0. The van der Waals surface area contributed by atoms with Crippen LogP contribution in [0.15, 0.2) is 17.5 Å². The second-order valence-corrected chi connectivity index (χ2v) is 9.81. The van der Waals surface area contributed by atoms with Gasteiger partial charge < -0.3 is 9.47 Å². The van der Waals surface area contributed by atoms with Crippen LogP contribution in [0.3, 0.4) is 0 Å². The van der Waals surface area contributed by atoms with Crippen LogP contribution in [0.25, 0.3) is 0 Å². The summed E-state index contributed by atoms with van der Waals surface area (Å²) in [6, 6.07) is 4.46. The first kappa shape index (κ1) is 18.5. The molecule has 0 radical (unpaired) electrons. The van der Waals surface area contributed by atoms with E-state index in [2.05, 4.69) is 46.1 Å². The maximum atomic E-state index is 6.31. The summed E-state index contributed by atoms with van der Waals surface area (Å²) in [5, 5.41) is 3.30. The van der Waals surface area contributed by atoms with Crippen LogP contribution in [0.4, 0.5) is 0 Å². The molecular formula is C19H27N3O2S2. The molecule has 1 atom stereocenters. The summed E-state index contributed by atoms with van der Waals surface area (Å²) in [5.41, 5.74) is 0.929. The van der Waals surface area contributed by atoms with Gasteiger partial charge in [-0.25, -0.2) is 4.98 Å². The number of aromatic nitrogens is 1. The fraction of sp³-hybridized carbons (Fsp3) is 0.632. The van der Waals surface area contributed by atoms with Crippen molar-refractivity contribution >= 4 is 22.7 Å². The summed E-state index contributed by atoms with van der Waals surface area (Å²) in [5.74, 6) is 0. The van der Waals surface area contributed by atoms with Crippen LogP contribution in [0.5, 0.6) is 0 Å². The Hall–Kier alpha value is -0.830. The topological polar surface area (TPSA) is 37.8 Å². The van der Waals surface area contributed by atoms with Gasteiger partial charge in [0.25, 0.3) is 0 Å². The van der Waals surface area contributed by atoms with Gasteiger partial charge in [0.15, 0.2) is 0 Å². The van der Waals surface area contributed by atoms with Crippen LogP contribution in [0.1, 0.15) is 20.5 Å². The van der Waals surface area contributed by atoms with Gasteiger partial charge >= 0.3 is 0 Å². The predicted molar refractivity (Wildman–Crippen MR) is 106 cm³/mol. The van der Waals surface area contributed by atoms with E-state index in [1.165, 1.54) is 9.75 Å². The van der Waals surface area contributed by atoms with Crippen molar-refractivity contribution in [2.75, 3.05) is 46.0 Å². The standard InChI is InChI=1S/C19H27N3O2S2/c1-15-3-4-18(26-15)10-22-6-8-24-19(13-22)12-21(5-7-23-14-19)9-17-11-25-16(2)20-17/h3-4,11H,5-10,12-14H2,1-2H3. The molecule has 5 nitrogen and oxygen atoms in total. The van der Waals surface area contributed by atoms with E-state index in [0.717, 1.165) is 63.2 Å². The van der Waals surface area contributed by atoms with E-state index in [-0.39, 0.29) is 5.60 Å². The van der Waals surface area contributed by atoms with Gasteiger partial charge in [-0.3, -0.25) is 9.80 Å². The van der Waals surface area contributed by atoms with Gasteiger partial charge in [-0.05, 0) is 26.0 Å². The Labute approximate surface area is 163 Å². The summed E-state index contributed by atoms with van der Waals surface area (Å²) in [7, 11) is 0. The molecule has 4 heterocycles. The van der Waals surface area contributed by atoms with Crippen LogP contribution >= 0.6 is 22.7 Å². The minimum absolute atomic E-state index is 0.230. The third-order valence-corrected chi connectivity index (χ3v) is 6.79. The fourth-order valence-corrected chi connectivity index (χ4v) is 5.40. The Kier molecular flexibility index (Phi) is 5.73. The second kappa shape index (κ2) is 8.04. The van der Waals surface area contributed by atoms with Gasteiger partial charge in [-0.15, -0.1) is 22.7 Å². The number of thiazole rings is 1. The highest BCUT2D eigenvalue weighted by Crippen LogP contribution is 2.26. The minimum atomic E-state index is -0.230. The largest absolute Gasteiger partial charge is 0.377 e. The molecule has 4 rings (SSSR count). The van der Waals surface area contributed by atoms with Crippen molar-refractivity contribution in [1.82, 2.24) is 14.8 Å². The lowest BCUT2D eigenvalue weighted by molar-refractivity contribution is -0.143. The van der Waals surface area contributed by atoms with Gasteiger partial charge in [0.05, 0.1) is 30.5 Å². The van der Waals surface area contributed by atoms with E-state index in [0.29, 0.717) is 6.61 Å². The molecule has 0 amide bonds. The lowest BCUT2D eigenvalue weighted by Gasteiger charge is -2.43. The Morgan fingerprint density at radius 3 is 2.65 bits per heavy atom. The second-order valence-electron chi connectivity index (χ2n) is 7.38. The highest BCUT2D eigenvalue weighted by atomic mass is 32.1. The molecule has 2 aliphatic heterocycles. The van der Waals surface area contributed by atoms with Crippen molar-refractivity contribution in [3.8, 4) is 0 Å². The minimum Gasteiger partial charge on any atom is -0.377 e. The van der Waals surface area contributed by atoms with Crippen LogP contribution in [-0.4, -0.2) is 66.4 Å². The molecule has 0 bridgehead atoms. The average molecular weight is 394 g/mol. The molecule has 0 aromatic carbocycles. The Balaban J connectivity index is 1.42. The molecule has 0 saturated carbocycles. The van der Waals surface area contributed by atoms with E-state index in [4.69, 9.17) is 9.47 Å². The fourth-order valence-electron chi connectivity index (χ4n) is 3.86. The highest BCUT2D eigenvalue weighted by molar-refractivity contribution is 7.11. The van der Waals surface area contributed by atoms with E-state index < -0.39 is 0 Å². The van der Waals surface area contributed by atoms with E-state index in [9.17, 15) is 0 Å². The number of nitrogens with zero attached hydrogens (tertiary/aromatic N) is 3. The molecule has 142 valence electrons. The zero-order chi connectivity index (χ0) is 18.0. The molecule has 26 heavy (non-hydrogen) atoms. The number of thiophene rings is 1. The third-order valence-electron chi connectivity index (χ3n) is 4.98. The SMILES string of the molecule is Cc1ccc(CN2CCOC3(COCCN(Cc4csc(C)n4)C3)C2)s1. The quantitative estimate of drug-likeness (QED) is 0.798. The van der Waals surface area contributed by atoms with Gasteiger partial charge in [0.1, 0.15) is 5.60 Å². The van der Waals surface area contributed by atoms with Crippen LogP contribution in [0.2, 0.25) is 0 Å². The van der Waals surface area contributed by atoms with Crippen LogP contribution < -0.4 is 0 Å². The van der Waals surface area contributed by atoms with Gasteiger partial charge in [0.2, 0.25) is 0 Å². The molecule has 0 N–H and O–H groups in total. The van der Waals surface area contributed by atoms with E-state index in [1.807, 2.05) is 11.3 Å². The number of aryl methyl sites for hydroxylation is 2. The molecule has 1 unspecified atom stereocenters. The predicted octanol–water partition coefficient (Wildman–Crippen LogP) is 2.92. The Morgan fingerprint density at radius 1 is 1.12 bits per heavy atom. The molecule has 2 saturated heterocycles. The van der Waals surface area contributed by atoms with Crippen LogP contribution in [-0.2, 0) is 22.6 Å². The zero-order valence-electron chi connectivity index (χ0n) is 15.6. The van der Waals surface area contributed by atoms with Crippen molar-refractivity contribution in [1.29, 1.82) is 0 Å². The summed E-state index contributed by atoms with van der Waals surface area (Å²) < 4.78 is 12.3. The molecule has 0 aliphatic carbocycles. The van der Waals surface area contributed by atoms with Crippen molar-refractivity contribution in [3.05, 3.63) is 38.0 Å². The summed E-state index contributed by atoms with van der Waals surface area (Å²) >= 11 is 3.62. The maximum absolute atomic E-state index is 6.31. The van der Waals surface area contributed by atoms with Crippen molar-refractivity contribution in [2.24, 2.45) is 0 Å². The maximum Gasteiger partial charge on any atom is 0.117 e. The molecule has 2 fully saturated rings. The third kappa shape index (κ3) is 4.52. The smallest absolute Gasteiger partial charge is 0.117 e. The average Bonchev–Trinajstić information content (AvgIpc) is 3.14. The molecule has 2 aromatic rings. The summed E-state index contributed by atoms with van der Waals surface area (Å²) in [4.78, 5) is 12.4. The normalized spacial score (nSPS) is 25.6. The lowest BCUT2D eigenvalue weighted by atomic mass is 10.0. The highest BCUT2D eigenvalue weighted by Gasteiger charge is 2.40. The van der Waals surface area contributed by atoms with E-state index in [1.54, 1.807) is 11.3 Å². The lowest BCUT2D eigenvalue weighted by Crippen LogP contribution is -2.58. The molecule has 1 spiro atoms. The zero-order valence-corrected chi connectivity index (χ0v) is 17.2.